The molecule has 2 atom stereocenters. The molecule has 2 rings (SSSR count). The maximum Gasteiger partial charge on any atom is 0.244 e. The van der Waals surface area contributed by atoms with Crippen molar-refractivity contribution < 1.29 is 22.7 Å². The lowest BCUT2D eigenvalue weighted by Gasteiger charge is -2.28. The van der Waals surface area contributed by atoms with Gasteiger partial charge in [-0.25, -0.2) is 13.1 Å². The number of aliphatic hydroxyl groups excluding tert-OH is 1. The molecule has 1 aliphatic heterocycles. The third-order valence-corrected chi connectivity index (χ3v) is 5.34. The summed E-state index contributed by atoms with van der Waals surface area (Å²) in [6, 6.07) is 1.35. The quantitative estimate of drug-likeness (QED) is 0.860. The van der Waals surface area contributed by atoms with Crippen LogP contribution >= 0.6 is 0 Å². The standard InChI is InChI=1S/C12H19NO5S/c1-8-11(6-10(7-14)18-8)19(15,16)13-12(3)4-5-17-9(12)2/h6,9,13-14H,4-5,7H2,1-3H3. The fraction of sp³-hybridized carbons (Fsp3) is 0.667. The Balaban J connectivity index is 2.30. The maximum absolute atomic E-state index is 12.4. The Morgan fingerprint density at radius 3 is 2.74 bits per heavy atom. The van der Waals surface area contributed by atoms with E-state index in [1.54, 1.807) is 6.92 Å². The van der Waals surface area contributed by atoms with Crippen molar-refractivity contribution in [3.8, 4) is 0 Å². The third-order valence-electron chi connectivity index (χ3n) is 3.62. The molecule has 6 nitrogen and oxygen atoms in total. The van der Waals surface area contributed by atoms with Crippen LogP contribution in [-0.4, -0.2) is 31.8 Å². The van der Waals surface area contributed by atoms with Crippen LogP contribution in [0.5, 0.6) is 0 Å². The van der Waals surface area contributed by atoms with Crippen LogP contribution in [0.25, 0.3) is 0 Å². The molecule has 1 aromatic heterocycles. The molecule has 1 fully saturated rings. The van der Waals surface area contributed by atoms with Gasteiger partial charge in [-0.1, -0.05) is 0 Å². The van der Waals surface area contributed by atoms with E-state index in [-0.39, 0.29) is 29.1 Å². The summed E-state index contributed by atoms with van der Waals surface area (Å²) in [6.07, 6.45) is 0.434. The summed E-state index contributed by atoms with van der Waals surface area (Å²) < 4.78 is 38.0. The van der Waals surface area contributed by atoms with Crippen molar-refractivity contribution in [1.82, 2.24) is 4.72 Å². The van der Waals surface area contributed by atoms with Crippen molar-refractivity contribution in [3.05, 3.63) is 17.6 Å². The molecule has 2 unspecified atom stereocenters. The van der Waals surface area contributed by atoms with Gasteiger partial charge in [0.1, 0.15) is 23.0 Å². The van der Waals surface area contributed by atoms with Crippen molar-refractivity contribution in [2.24, 2.45) is 0 Å². The molecule has 0 aromatic carbocycles. The van der Waals surface area contributed by atoms with Crippen molar-refractivity contribution in [3.63, 3.8) is 0 Å². The molecule has 1 aliphatic rings. The summed E-state index contributed by atoms with van der Waals surface area (Å²) in [5.41, 5.74) is -0.623. The lowest BCUT2D eigenvalue weighted by molar-refractivity contribution is 0.0957. The van der Waals surface area contributed by atoms with Crippen LogP contribution in [0.3, 0.4) is 0 Å². The van der Waals surface area contributed by atoms with E-state index in [9.17, 15) is 8.42 Å². The van der Waals surface area contributed by atoms with E-state index in [4.69, 9.17) is 14.3 Å². The molecular formula is C12H19NO5S. The molecule has 19 heavy (non-hydrogen) atoms. The van der Waals surface area contributed by atoms with Crippen molar-refractivity contribution >= 4 is 10.0 Å². The van der Waals surface area contributed by atoms with Crippen LogP contribution in [0.1, 0.15) is 31.8 Å². The first kappa shape index (κ1) is 14.5. The minimum absolute atomic E-state index is 0.0666. The van der Waals surface area contributed by atoms with Crippen molar-refractivity contribution in [2.45, 2.75) is 50.3 Å². The molecule has 0 bridgehead atoms. The minimum Gasteiger partial charge on any atom is -0.462 e. The van der Waals surface area contributed by atoms with Gasteiger partial charge in [0.05, 0.1) is 11.6 Å². The summed E-state index contributed by atoms with van der Waals surface area (Å²) in [5.74, 6) is 0.505. The first-order valence-electron chi connectivity index (χ1n) is 6.14. The van der Waals surface area contributed by atoms with Crippen LogP contribution in [0.2, 0.25) is 0 Å². The Hall–Kier alpha value is -0.890. The van der Waals surface area contributed by atoms with E-state index >= 15 is 0 Å². The van der Waals surface area contributed by atoms with E-state index < -0.39 is 15.6 Å². The van der Waals surface area contributed by atoms with Crippen molar-refractivity contribution in [2.75, 3.05) is 6.61 Å². The van der Waals surface area contributed by atoms with E-state index in [2.05, 4.69) is 4.72 Å². The van der Waals surface area contributed by atoms with E-state index in [0.29, 0.717) is 13.0 Å². The predicted octanol–water partition coefficient (Wildman–Crippen LogP) is 0.926. The fourth-order valence-electron chi connectivity index (χ4n) is 2.20. The number of rotatable bonds is 4. The van der Waals surface area contributed by atoms with Gasteiger partial charge in [-0.05, 0) is 27.2 Å². The van der Waals surface area contributed by atoms with E-state index in [1.807, 2.05) is 13.8 Å². The molecule has 0 radical (unpaired) electrons. The Kier molecular flexibility index (Phi) is 3.74. The van der Waals surface area contributed by atoms with Crippen LogP contribution in [0.15, 0.2) is 15.4 Å². The molecule has 7 heteroatoms. The van der Waals surface area contributed by atoms with E-state index in [0.717, 1.165) is 0 Å². The summed E-state index contributed by atoms with van der Waals surface area (Å²) in [7, 11) is -3.69. The molecule has 1 saturated heterocycles. The highest BCUT2D eigenvalue weighted by molar-refractivity contribution is 7.89. The number of hydrogen-bond donors (Lipinski definition) is 2. The Morgan fingerprint density at radius 1 is 1.58 bits per heavy atom. The number of aryl methyl sites for hydroxylation is 1. The number of aliphatic hydroxyl groups is 1. The van der Waals surface area contributed by atoms with Gasteiger partial charge in [0.15, 0.2) is 0 Å². The highest BCUT2D eigenvalue weighted by atomic mass is 32.2. The van der Waals surface area contributed by atoms with Crippen LogP contribution < -0.4 is 4.72 Å². The average Bonchev–Trinajstić information content (AvgIpc) is 2.83. The van der Waals surface area contributed by atoms with Gasteiger partial charge in [-0.15, -0.1) is 0 Å². The lowest BCUT2D eigenvalue weighted by Crippen LogP contribution is -2.50. The third kappa shape index (κ3) is 2.69. The monoisotopic (exact) mass is 289 g/mol. The first-order chi connectivity index (χ1) is 8.78. The Bertz CT molecular complexity index is 565. The zero-order chi connectivity index (χ0) is 14.3. The highest BCUT2D eigenvalue weighted by Crippen LogP contribution is 2.29. The Morgan fingerprint density at radius 2 is 2.26 bits per heavy atom. The molecule has 0 spiro atoms. The zero-order valence-corrected chi connectivity index (χ0v) is 12.1. The maximum atomic E-state index is 12.4. The van der Waals surface area contributed by atoms with Gasteiger partial charge in [0.25, 0.3) is 0 Å². The molecule has 1 aromatic rings. The summed E-state index contributed by atoms with van der Waals surface area (Å²) in [5, 5.41) is 8.99. The summed E-state index contributed by atoms with van der Waals surface area (Å²) in [4.78, 5) is 0.0666. The number of nitrogens with one attached hydrogen (secondary N) is 1. The molecule has 0 amide bonds. The van der Waals surface area contributed by atoms with Crippen LogP contribution in [-0.2, 0) is 21.4 Å². The predicted molar refractivity (Wildman–Crippen MR) is 68.1 cm³/mol. The van der Waals surface area contributed by atoms with Crippen molar-refractivity contribution in [1.29, 1.82) is 0 Å². The van der Waals surface area contributed by atoms with Gasteiger partial charge >= 0.3 is 0 Å². The lowest BCUT2D eigenvalue weighted by atomic mass is 9.97. The topological polar surface area (TPSA) is 88.8 Å². The number of hydrogen-bond acceptors (Lipinski definition) is 5. The number of sulfonamides is 1. The Labute approximate surface area is 112 Å². The van der Waals surface area contributed by atoms with Gasteiger partial charge in [0, 0.05) is 12.7 Å². The van der Waals surface area contributed by atoms with Crippen LogP contribution in [0, 0.1) is 6.92 Å². The van der Waals surface area contributed by atoms with Crippen LogP contribution in [0.4, 0.5) is 0 Å². The second-order valence-corrected chi connectivity index (χ2v) is 6.73. The zero-order valence-electron chi connectivity index (χ0n) is 11.3. The second-order valence-electron chi connectivity index (χ2n) is 5.08. The number of furan rings is 1. The first-order valence-corrected chi connectivity index (χ1v) is 7.62. The largest absolute Gasteiger partial charge is 0.462 e. The van der Waals surface area contributed by atoms with Gasteiger partial charge in [0.2, 0.25) is 10.0 Å². The molecule has 2 N–H and O–H groups in total. The normalized spacial score (nSPS) is 27.9. The molecule has 2 heterocycles. The van der Waals surface area contributed by atoms with Gasteiger partial charge < -0.3 is 14.3 Å². The summed E-state index contributed by atoms with van der Waals surface area (Å²) in [6.45, 7) is 5.44. The van der Waals surface area contributed by atoms with E-state index in [1.165, 1.54) is 6.07 Å². The summed E-state index contributed by atoms with van der Waals surface area (Å²) >= 11 is 0. The SMILES string of the molecule is Cc1oc(CO)cc1S(=O)(=O)NC1(C)CCOC1C. The molecule has 0 aliphatic carbocycles. The highest BCUT2D eigenvalue weighted by Gasteiger charge is 2.41. The second kappa shape index (κ2) is 4.90. The fourth-order valence-corrected chi connectivity index (χ4v) is 3.90. The number of ether oxygens (including phenoxy) is 1. The molecule has 0 saturated carbocycles. The minimum atomic E-state index is -3.69. The molecular weight excluding hydrogens is 270 g/mol. The smallest absolute Gasteiger partial charge is 0.244 e. The average molecular weight is 289 g/mol. The van der Waals surface area contributed by atoms with Gasteiger partial charge in [-0.3, -0.25) is 0 Å². The molecule has 108 valence electrons. The van der Waals surface area contributed by atoms with Gasteiger partial charge in [-0.2, -0.15) is 0 Å².